The zero-order valence-electron chi connectivity index (χ0n) is 11.8. The molecule has 0 saturated carbocycles. The fraction of sp³-hybridized carbons (Fsp3) is 0. The van der Waals surface area contributed by atoms with Gasteiger partial charge in [-0.1, -0.05) is 42.5 Å². The maximum atomic E-state index is 13.0. The molecule has 0 aromatic heterocycles. The Balaban J connectivity index is 1.90. The predicted molar refractivity (Wildman–Crippen MR) is 85.9 cm³/mol. The molecular weight excluding hydrogens is 274 g/mol. The molecular formula is C19H13NO2. The average molecular weight is 287 g/mol. The minimum atomic E-state index is -0.0659. The zero-order valence-corrected chi connectivity index (χ0v) is 11.8. The molecule has 0 fully saturated rings. The minimum absolute atomic E-state index is 0.0659. The number of carbonyl (C=O) groups is 1. The van der Waals surface area contributed by atoms with E-state index >= 15 is 0 Å². The van der Waals surface area contributed by atoms with Crippen LogP contribution in [0.5, 0.6) is 11.5 Å². The normalized spacial score (nSPS) is 12.1. The summed E-state index contributed by atoms with van der Waals surface area (Å²) in [6, 6.07) is 24.4. The molecule has 0 unspecified atom stereocenters. The van der Waals surface area contributed by atoms with Crippen molar-refractivity contribution in [2.75, 3.05) is 4.90 Å². The van der Waals surface area contributed by atoms with Gasteiger partial charge in [-0.3, -0.25) is 9.69 Å². The minimum Gasteiger partial charge on any atom is -0.453 e. The molecule has 0 radical (unpaired) electrons. The molecule has 1 heterocycles. The number of hydrogen-bond acceptors (Lipinski definition) is 2. The number of carbonyl (C=O) groups excluding carboxylic acids is 1. The van der Waals surface area contributed by atoms with Crippen LogP contribution < -0.4 is 9.64 Å². The molecule has 0 saturated heterocycles. The first-order valence-electron chi connectivity index (χ1n) is 7.10. The zero-order chi connectivity index (χ0) is 14.9. The molecule has 3 nitrogen and oxygen atoms in total. The Morgan fingerprint density at radius 1 is 0.682 bits per heavy atom. The fourth-order valence-corrected chi connectivity index (χ4v) is 2.63. The van der Waals surface area contributed by atoms with Crippen LogP contribution in [-0.2, 0) is 0 Å². The van der Waals surface area contributed by atoms with E-state index in [1.807, 2.05) is 78.9 Å². The fourth-order valence-electron chi connectivity index (χ4n) is 2.63. The van der Waals surface area contributed by atoms with Gasteiger partial charge >= 0.3 is 0 Å². The SMILES string of the molecule is O=C(c1ccccc1)N1c2ccccc2Oc2ccccc21. The van der Waals surface area contributed by atoms with E-state index < -0.39 is 0 Å². The van der Waals surface area contributed by atoms with Gasteiger partial charge in [-0.15, -0.1) is 0 Å². The Bertz CT molecular complexity index is 797. The van der Waals surface area contributed by atoms with Gasteiger partial charge in [-0.2, -0.15) is 0 Å². The number of amides is 1. The molecule has 4 rings (SSSR count). The van der Waals surface area contributed by atoms with Gasteiger partial charge in [-0.05, 0) is 36.4 Å². The second-order valence-corrected chi connectivity index (χ2v) is 5.04. The first-order valence-corrected chi connectivity index (χ1v) is 7.10. The molecule has 1 aliphatic rings. The van der Waals surface area contributed by atoms with Gasteiger partial charge in [-0.25, -0.2) is 0 Å². The van der Waals surface area contributed by atoms with Crippen LogP contribution >= 0.6 is 0 Å². The van der Waals surface area contributed by atoms with E-state index in [2.05, 4.69) is 0 Å². The number of fused-ring (bicyclic) bond motifs is 2. The number of para-hydroxylation sites is 4. The van der Waals surface area contributed by atoms with E-state index in [0.717, 1.165) is 11.4 Å². The largest absolute Gasteiger partial charge is 0.453 e. The van der Waals surface area contributed by atoms with Crippen molar-refractivity contribution >= 4 is 17.3 Å². The lowest BCUT2D eigenvalue weighted by Gasteiger charge is -2.31. The van der Waals surface area contributed by atoms with Crippen molar-refractivity contribution in [2.24, 2.45) is 0 Å². The summed E-state index contributed by atoms with van der Waals surface area (Å²) in [5.74, 6) is 1.31. The van der Waals surface area contributed by atoms with Gasteiger partial charge in [0.25, 0.3) is 5.91 Å². The summed E-state index contributed by atoms with van der Waals surface area (Å²) >= 11 is 0. The molecule has 0 bridgehead atoms. The summed E-state index contributed by atoms with van der Waals surface area (Å²) in [6.07, 6.45) is 0. The smallest absolute Gasteiger partial charge is 0.263 e. The molecule has 0 aliphatic carbocycles. The second kappa shape index (κ2) is 5.04. The highest BCUT2D eigenvalue weighted by Gasteiger charge is 2.29. The van der Waals surface area contributed by atoms with Gasteiger partial charge in [0.05, 0.1) is 11.4 Å². The highest BCUT2D eigenvalue weighted by Crippen LogP contribution is 2.46. The molecule has 0 atom stereocenters. The Morgan fingerprint density at radius 3 is 1.77 bits per heavy atom. The maximum absolute atomic E-state index is 13.0. The van der Waals surface area contributed by atoms with Gasteiger partial charge in [0.2, 0.25) is 0 Å². The molecule has 3 aromatic rings. The monoisotopic (exact) mass is 287 g/mol. The summed E-state index contributed by atoms with van der Waals surface area (Å²) in [6.45, 7) is 0. The summed E-state index contributed by atoms with van der Waals surface area (Å²) < 4.78 is 5.90. The van der Waals surface area contributed by atoms with Crippen LogP contribution in [0.2, 0.25) is 0 Å². The van der Waals surface area contributed by atoms with Crippen molar-refractivity contribution in [1.29, 1.82) is 0 Å². The number of hydrogen-bond donors (Lipinski definition) is 0. The second-order valence-electron chi connectivity index (χ2n) is 5.04. The van der Waals surface area contributed by atoms with Crippen molar-refractivity contribution in [3.8, 4) is 11.5 Å². The molecule has 22 heavy (non-hydrogen) atoms. The lowest BCUT2D eigenvalue weighted by atomic mass is 10.1. The van der Waals surface area contributed by atoms with Gasteiger partial charge in [0.1, 0.15) is 0 Å². The third kappa shape index (κ3) is 1.95. The molecule has 3 aromatic carbocycles. The Hall–Kier alpha value is -3.07. The highest BCUT2D eigenvalue weighted by molar-refractivity contribution is 6.13. The number of ether oxygens (including phenoxy) is 1. The molecule has 1 aliphatic heterocycles. The molecule has 1 amide bonds. The third-order valence-corrected chi connectivity index (χ3v) is 3.66. The third-order valence-electron chi connectivity index (χ3n) is 3.66. The van der Waals surface area contributed by atoms with Gasteiger partial charge in [0, 0.05) is 5.56 Å². The molecule has 0 spiro atoms. The standard InChI is InChI=1S/C19H13NO2/c21-19(14-8-2-1-3-9-14)20-15-10-4-6-12-17(15)22-18-13-7-5-11-16(18)20/h1-13H. The summed E-state index contributed by atoms with van der Waals surface area (Å²) in [5.41, 5.74) is 2.17. The van der Waals surface area contributed by atoms with Crippen LogP contribution in [0.1, 0.15) is 10.4 Å². The van der Waals surface area contributed by atoms with Crippen molar-refractivity contribution in [1.82, 2.24) is 0 Å². The van der Waals surface area contributed by atoms with Crippen molar-refractivity contribution in [3.63, 3.8) is 0 Å². The first kappa shape index (κ1) is 12.7. The number of nitrogens with zero attached hydrogens (tertiary/aromatic N) is 1. The van der Waals surface area contributed by atoms with E-state index in [1.54, 1.807) is 4.90 Å². The van der Waals surface area contributed by atoms with Crippen LogP contribution in [0.25, 0.3) is 0 Å². The van der Waals surface area contributed by atoms with E-state index in [-0.39, 0.29) is 5.91 Å². The molecule has 3 heteroatoms. The Labute approximate surface area is 128 Å². The topological polar surface area (TPSA) is 29.5 Å². The Kier molecular flexibility index (Phi) is 2.90. The molecule has 0 N–H and O–H groups in total. The average Bonchev–Trinajstić information content (AvgIpc) is 2.60. The summed E-state index contributed by atoms with van der Waals surface area (Å²) in [7, 11) is 0. The van der Waals surface area contributed by atoms with Gasteiger partial charge < -0.3 is 4.74 Å². The van der Waals surface area contributed by atoms with Crippen LogP contribution in [0.15, 0.2) is 78.9 Å². The number of anilines is 2. The Morgan fingerprint density at radius 2 is 1.18 bits per heavy atom. The van der Waals surface area contributed by atoms with Crippen molar-refractivity contribution in [2.45, 2.75) is 0 Å². The van der Waals surface area contributed by atoms with Gasteiger partial charge in [0.15, 0.2) is 11.5 Å². The predicted octanol–water partition coefficient (Wildman–Crippen LogP) is 4.77. The van der Waals surface area contributed by atoms with E-state index in [0.29, 0.717) is 17.1 Å². The van der Waals surface area contributed by atoms with E-state index in [1.165, 1.54) is 0 Å². The lowest BCUT2D eigenvalue weighted by Crippen LogP contribution is -2.28. The number of benzene rings is 3. The molecule has 106 valence electrons. The van der Waals surface area contributed by atoms with Crippen LogP contribution in [0.4, 0.5) is 11.4 Å². The van der Waals surface area contributed by atoms with Crippen LogP contribution in [-0.4, -0.2) is 5.91 Å². The highest BCUT2D eigenvalue weighted by atomic mass is 16.5. The van der Waals surface area contributed by atoms with Crippen molar-refractivity contribution in [3.05, 3.63) is 84.4 Å². The number of rotatable bonds is 1. The first-order chi connectivity index (χ1) is 10.8. The maximum Gasteiger partial charge on any atom is 0.263 e. The lowest BCUT2D eigenvalue weighted by molar-refractivity contribution is 0.0997. The van der Waals surface area contributed by atoms with E-state index in [4.69, 9.17) is 4.74 Å². The van der Waals surface area contributed by atoms with Crippen LogP contribution in [0, 0.1) is 0 Å². The van der Waals surface area contributed by atoms with Crippen molar-refractivity contribution < 1.29 is 9.53 Å². The van der Waals surface area contributed by atoms with Crippen LogP contribution in [0.3, 0.4) is 0 Å². The summed E-state index contributed by atoms with van der Waals surface area (Å²) in [5, 5.41) is 0. The quantitative estimate of drug-likeness (QED) is 0.645. The van der Waals surface area contributed by atoms with E-state index in [9.17, 15) is 4.79 Å². The summed E-state index contributed by atoms with van der Waals surface area (Å²) in [4.78, 5) is 14.7.